The maximum atomic E-state index is 5.46. The van der Waals surface area contributed by atoms with Gasteiger partial charge in [-0.3, -0.25) is 9.89 Å². The number of hydrogen-bond acceptors (Lipinski definition) is 4. The Labute approximate surface area is 176 Å². The Morgan fingerprint density at radius 3 is 2.35 bits per heavy atom. The van der Waals surface area contributed by atoms with Crippen LogP contribution in [0, 0.1) is 0 Å². The van der Waals surface area contributed by atoms with Gasteiger partial charge in [0, 0.05) is 38.4 Å². The zero-order valence-electron chi connectivity index (χ0n) is 16.6. The van der Waals surface area contributed by atoms with Crippen LogP contribution in [0.5, 0.6) is 0 Å². The summed E-state index contributed by atoms with van der Waals surface area (Å²) in [5, 5.41) is 7.28. The SMILES string of the molecule is CN=C(NCC1(N2CCCCC2)CCN(C)CC1)NC1CCOCC1.I. The molecule has 3 saturated heterocycles. The van der Waals surface area contributed by atoms with E-state index in [9.17, 15) is 0 Å². The molecule has 3 heterocycles. The third-order valence-corrected chi connectivity index (χ3v) is 6.32. The Morgan fingerprint density at radius 2 is 1.73 bits per heavy atom. The second-order valence-electron chi connectivity index (χ2n) is 8.03. The highest BCUT2D eigenvalue weighted by Gasteiger charge is 2.39. The number of hydrogen-bond donors (Lipinski definition) is 2. The number of halogens is 1. The van der Waals surface area contributed by atoms with Gasteiger partial charge in [-0.1, -0.05) is 6.42 Å². The van der Waals surface area contributed by atoms with Crippen LogP contribution in [0.15, 0.2) is 4.99 Å². The Hall–Kier alpha value is -0.120. The molecule has 0 unspecified atom stereocenters. The van der Waals surface area contributed by atoms with Crippen LogP contribution in [0.2, 0.25) is 0 Å². The first-order valence-corrected chi connectivity index (χ1v) is 10.2. The highest BCUT2D eigenvalue weighted by molar-refractivity contribution is 14.0. The summed E-state index contributed by atoms with van der Waals surface area (Å²) in [6, 6.07) is 0.489. The van der Waals surface area contributed by atoms with Crippen molar-refractivity contribution < 1.29 is 4.74 Å². The molecule has 26 heavy (non-hydrogen) atoms. The van der Waals surface area contributed by atoms with E-state index in [2.05, 4.69) is 32.5 Å². The molecule has 0 radical (unpaired) electrons. The summed E-state index contributed by atoms with van der Waals surface area (Å²) in [7, 11) is 4.13. The maximum Gasteiger partial charge on any atom is 0.191 e. The summed E-state index contributed by atoms with van der Waals surface area (Å²) in [6.45, 7) is 7.64. The number of likely N-dealkylation sites (tertiary alicyclic amines) is 2. The average Bonchev–Trinajstić information content (AvgIpc) is 2.68. The van der Waals surface area contributed by atoms with Gasteiger partial charge in [0.2, 0.25) is 0 Å². The molecule has 0 aromatic rings. The molecule has 3 aliphatic rings. The first-order valence-electron chi connectivity index (χ1n) is 10.2. The van der Waals surface area contributed by atoms with Crippen molar-refractivity contribution in [3.8, 4) is 0 Å². The van der Waals surface area contributed by atoms with Crippen molar-refractivity contribution in [3.05, 3.63) is 0 Å². The summed E-state index contributed by atoms with van der Waals surface area (Å²) < 4.78 is 5.46. The van der Waals surface area contributed by atoms with Gasteiger partial charge in [-0.25, -0.2) is 0 Å². The van der Waals surface area contributed by atoms with E-state index >= 15 is 0 Å². The van der Waals surface area contributed by atoms with Crippen molar-refractivity contribution in [1.29, 1.82) is 0 Å². The molecule has 7 heteroatoms. The van der Waals surface area contributed by atoms with E-state index < -0.39 is 0 Å². The molecule has 0 atom stereocenters. The first kappa shape index (κ1) is 22.2. The number of ether oxygens (including phenoxy) is 1. The van der Waals surface area contributed by atoms with Crippen LogP contribution < -0.4 is 10.6 Å². The van der Waals surface area contributed by atoms with E-state index in [4.69, 9.17) is 4.74 Å². The van der Waals surface area contributed by atoms with Crippen LogP contribution in [-0.2, 0) is 4.74 Å². The number of aliphatic imine (C=N–C) groups is 1. The van der Waals surface area contributed by atoms with Gasteiger partial charge in [0.05, 0.1) is 0 Å². The molecule has 0 amide bonds. The van der Waals surface area contributed by atoms with Gasteiger partial charge >= 0.3 is 0 Å². The van der Waals surface area contributed by atoms with E-state index in [1.165, 1.54) is 58.3 Å². The number of guanidine groups is 1. The maximum absolute atomic E-state index is 5.46. The lowest BCUT2D eigenvalue weighted by molar-refractivity contribution is 0.0172. The smallest absolute Gasteiger partial charge is 0.191 e. The monoisotopic (exact) mass is 479 g/mol. The lowest BCUT2D eigenvalue weighted by atomic mass is 9.84. The van der Waals surface area contributed by atoms with Gasteiger partial charge in [0.25, 0.3) is 0 Å². The summed E-state index contributed by atoms with van der Waals surface area (Å²) in [5.41, 5.74) is 0.292. The topological polar surface area (TPSA) is 52.1 Å². The Balaban J connectivity index is 0.00000243. The van der Waals surface area contributed by atoms with Crippen molar-refractivity contribution >= 4 is 29.9 Å². The lowest BCUT2D eigenvalue weighted by Crippen LogP contribution is -2.62. The number of nitrogens with one attached hydrogen (secondary N) is 2. The fraction of sp³-hybridized carbons (Fsp3) is 0.947. The number of nitrogens with zero attached hydrogens (tertiary/aromatic N) is 3. The molecule has 0 aromatic heterocycles. The fourth-order valence-corrected chi connectivity index (χ4v) is 4.49. The molecule has 0 bridgehead atoms. The molecule has 152 valence electrons. The van der Waals surface area contributed by atoms with E-state index in [0.717, 1.165) is 38.6 Å². The fourth-order valence-electron chi connectivity index (χ4n) is 4.49. The molecule has 2 N–H and O–H groups in total. The van der Waals surface area contributed by atoms with Gasteiger partial charge in [0.15, 0.2) is 5.96 Å². The quantitative estimate of drug-likeness (QED) is 0.367. The molecule has 0 aliphatic carbocycles. The molecule has 3 rings (SSSR count). The summed E-state index contributed by atoms with van der Waals surface area (Å²) in [6.07, 6.45) is 8.76. The third kappa shape index (κ3) is 5.94. The highest BCUT2D eigenvalue weighted by atomic mass is 127. The molecular weight excluding hydrogens is 441 g/mol. The predicted molar refractivity (Wildman–Crippen MR) is 119 cm³/mol. The lowest BCUT2D eigenvalue weighted by Gasteiger charge is -2.50. The first-order chi connectivity index (χ1) is 12.2. The Kier molecular flexibility index (Phi) is 9.40. The van der Waals surface area contributed by atoms with Crippen LogP contribution in [0.3, 0.4) is 0 Å². The Morgan fingerprint density at radius 1 is 1.08 bits per heavy atom. The van der Waals surface area contributed by atoms with Crippen molar-refractivity contribution in [2.45, 2.75) is 56.5 Å². The van der Waals surface area contributed by atoms with E-state index in [-0.39, 0.29) is 24.0 Å². The van der Waals surface area contributed by atoms with Crippen molar-refractivity contribution in [2.24, 2.45) is 4.99 Å². The second-order valence-corrected chi connectivity index (χ2v) is 8.03. The van der Waals surface area contributed by atoms with Crippen molar-refractivity contribution in [1.82, 2.24) is 20.4 Å². The minimum absolute atomic E-state index is 0. The van der Waals surface area contributed by atoms with Gasteiger partial charge in [-0.15, -0.1) is 24.0 Å². The largest absolute Gasteiger partial charge is 0.381 e. The minimum atomic E-state index is 0. The van der Waals surface area contributed by atoms with E-state index in [1.807, 2.05) is 7.05 Å². The average molecular weight is 479 g/mol. The molecule has 3 fully saturated rings. The van der Waals surface area contributed by atoms with Crippen molar-refractivity contribution in [3.63, 3.8) is 0 Å². The third-order valence-electron chi connectivity index (χ3n) is 6.32. The van der Waals surface area contributed by atoms with E-state index in [0.29, 0.717) is 11.6 Å². The normalized spacial score (nSPS) is 26.2. The zero-order chi connectivity index (χ0) is 17.5. The molecule has 0 spiro atoms. The van der Waals surface area contributed by atoms with Crippen LogP contribution in [0.4, 0.5) is 0 Å². The summed E-state index contributed by atoms with van der Waals surface area (Å²) in [4.78, 5) is 9.73. The van der Waals surface area contributed by atoms with Gasteiger partial charge in [-0.05, 0) is 71.8 Å². The van der Waals surface area contributed by atoms with Crippen LogP contribution in [0.25, 0.3) is 0 Å². The van der Waals surface area contributed by atoms with Gasteiger partial charge in [0.1, 0.15) is 0 Å². The summed E-state index contributed by atoms with van der Waals surface area (Å²) in [5.74, 6) is 0.960. The minimum Gasteiger partial charge on any atom is -0.381 e. The second kappa shape index (κ2) is 11.0. The highest BCUT2D eigenvalue weighted by Crippen LogP contribution is 2.30. The molecule has 0 saturated carbocycles. The van der Waals surface area contributed by atoms with Gasteiger partial charge in [-0.2, -0.15) is 0 Å². The Bertz CT molecular complexity index is 428. The molecule has 3 aliphatic heterocycles. The van der Waals surface area contributed by atoms with Gasteiger partial charge < -0.3 is 20.3 Å². The van der Waals surface area contributed by atoms with Crippen LogP contribution >= 0.6 is 24.0 Å². The number of piperidine rings is 2. The predicted octanol–water partition coefficient (Wildman–Crippen LogP) is 1.90. The van der Waals surface area contributed by atoms with E-state index in [1.54, 1.807) is 0 Å². The van der Waals surface area contributed by atoms with Crippen LogP contribution in [0.1, 0.15) is 44.9 Å². The molecular formula is C19H38IN5O. The molecule has 0 aromatic carbocycles. The zero-order valence-corrected chi connectivity index (χ0v) is 19.0. The standard InChI is InChI=1S/C19H37N5O.HI/c1-20-18(22-17-6-14-25-15-7-17)21-16-19(8-12-23(2)13-9-19)24-10-4-3-5-11-24;/h17H,3-16H2,1-2H3,(H2,20,21,22);1H. The molecule has 6 nitrogen and oxygen atoms in total. The van der Waals surface area contributed by atoms with Crippen LogP contribution in [-0.4, -0.2) is 87.4 Å². The summed E-state index contributed by atoms with van der Waals surface area (Å²) >= 11 is 0. The van der Waals surface area contributed by atoms with Crippen molar-refractivity contribution in [2.75, 3.05) is 60.0 Å². The number of rotatable bonds is 4.